The van der Waals surface area contributed by atoms with Gasteiger partial charge in [-0.3, -0.25) is 0 Å². The number of fused-ring (bicyclic) bond motifs is 1. The van der Waals surface area contributed by atoms with Gasteiger partial charge in [0, 0.05) is 22.7 Å². The average molecular weight is 410 g/mol. The van der Waals surface area contributed by atoms with E-state index >= 15 is 0 Å². The summed E-state index contributed by atoms with van der Waals surface area (Å²) >= 11 is 1.63. The van der Waals surface area contributed by atoms with Crippen molar-refractivity contribution in [1.82, 2.24) is 9.97 Å². The van der Waals surface area contributed by atoms with E-state index in [9.17, 15) is 0 Å². The van der Waals surface area contributed by atoms with Gasteiger partial charge in [-0.15, -0.1) is 11.3 Å². The molecule has 2 aromatic heterocycles. The molecule has 30 heavy (non-hydrogen) atoms. The third-order valence-electron chi connectivity index (χ3n) is 4.81. The quantitative estimate of drug-likeness (QED) is 0.333. The monoisotopic (exact) mass is 409 g/mol. The Kier molecular flexibility index (Phi) is 4.87. The Morgan fingerprint density at radius 2 is 1.63 bits per heavy atom. The Hall–Kier alpha value is -3.70. The van der Waals surface area contributed by atoms with E-state index in [2.05, 4.69) is 51.9 Å². The van der Waals surface area contributed by atoms with Crippen LogP contribution < -0.4 is 10.1 Å². The van der Waals surface area contributed by atoms with Crippen LogP contribution in [0.2, 0.25) is 0 Å². The number of ether oxygens (including phenoxy) is 1. The molecule has 2 heterocycles. The third-order valence-corrected chi connectivity index (χ3v) is 5.69. The summed E-state index contributed by atoms with van der Waals surface area (Å²) in [5, 5.41) is 6.63. The van der Waals surface area contributed by atoms with Crippen LogP contribution >= 0.6 is 11.3 Å². The summed E-state index contributed by atoms with van der Waals surface area (Å²) in [6, 6.07) is 26.2. The molecule has 0 atom stereocenters. The molecule has 0 aliphatic rings. The molecule has 0 spiro atoms. The predicted molar refractivity (Wildman–Crippen MR) is 124 cm³/mol. The van der Waals surface area contributed by atoms with Crippen LogP contribution in [0.4, 0.5) is 11.5 Å². The molecule has 5 aromatic rings. The van der Waals surface area contributed by atoms with E-state index in [0.29, 0.717) is 0 Å². The van der Waals surface area contributed by atoms with Gasteiger partial charge in [0.15, 0.2) is 0 Å². The summed E-state index contributed by atoms with van der Waals surface area (Å²) in [6.45, 7) is 2.09. The second-order valence-corrected chi connectivity index (χ2v) is 7.84. The van der Waals surface area contributed by atoms with Crippen molar-refractivity contribution in [3.63, 3.8) is 0 Å². The van der Waals surface area contributed by atoms with Crippen molar-refractivity contribution in [1.29, 1.82) is 0 Å². The van der Waals surface area contributed by atoms with Crippen LogP contribution in [0.25, 0.3) is 21.3 Å². The topological polar surface area (TPSA) is 47.0 Å². The van der Waals surface area contributed by atoms with E-state index in [0.717, 1.165) is 44.3 Å². The van der Waals surface area contributed by atoms with Crippen LogP contribution in [-0.2, 0) is 0 Å². The van der Waals surface area contributed by atoms with Crippen LogP contribution in [0, 0.1) is 6.92 Å². The number of para-hydroxylation sites is 1. The summed E-state index contributed by atoms with van der Waals surface area (Å²) in [4.78, 5) is 9.96. The number of rotatable bonds is 5. The van der Waals surface area contributed by atoms with Crippen LogP contribution in [0.15, 0.2) is 90.6 Å². The van der Waals surface area contributed by atoms with Crippen LogP contribution in [-0.4, -0.2) is 9.97 Å². The Morgan fingerprint density at radius 3 is 2.47 bits per heavy atom. The van der Waals surface area contributed by atoms with Gasteiger partial charge in [0.1, 0.15) is 28.5 Å². The van der Waals surface area contributed by atoms with Gasteiger partial charge in [0.25, 0.3) is 0 Å². The lowest BCUT2D eigenvalue weighted by atomic mass is 10.0. The zero-order valence-electron chi connectivity index (χ0n) is 16.4. The van der Waals surface area contributed by atoms with Crippen molar-refractivity contribution in [2.75, 3.05) is 5.32 Å². The Labute approximate surface area is 178 Å². The highest BCUT2D eigenvalue weighted by Gasteiger charge is 2.13. The zero-order valence-corrected chi connectivity index (χ0v) is 17.2. The molecule has 0 bridgehead atoms. The molecule has 0 unspecified atom stereocenters. The zero-order chi connectivity index (χ0) is 20.3. The van der Waals surface area contributed by atoms with Crippen LogP contribution in [0.1, 0.15) is 5.56 Å². The number of aromatic nitrogens is 2. The fourth-order valence-corrected chi connectivity index (χ4v) is 4.23. The van der Waals surface area contributed by atoms with E-state index in [1.54, 1.807) is 17.7 Å². The van der Waals surface area contributed by atoms with Crippen molar-refractivity contribution < 1.29 is 4.74 Å². The van der Waals surface area contributed by atoms with Gasteiger partial charge >= 0.3 is 0 Å². The maximum atomic E-state index is 5.96. The molecule has 0 fully saturated rings. The normalized spacial score (nSPS) is 10.8. The Balaban J connectivity index is 1.49. The maximum absolute atomic E-state index is 5.96. The lowest BCUT2D eigenvalue weighted by Gasteiger charge is -2.11. The van der Waals surface area contributed by atoms with Gasteiger partial charge in [-0.05, 0) is 36.8 Å². The van der Waals surface area contributed by atoms with Crippen molar-refractivity contribution >= 4 is 33.1 Å². The highest BCUT2D eigenvalue weighted by Crippen LogP contribution is 2.37. The standard InChI is InChI=1S/C25H19N3OS/c1-17-10-12-18(13-11-17)22-15-30-25-23(22)24(26-16-27-25)28-19-6-5-9-21(14-19)29-20-7-3-2-4-8-20/h2-16H,1H3,(H,26,27,28). The molecule has 0 amide bonds. The van der Waals surface area contributed by atoms with Gasteiger partial charge in [0.2, 0.25) is 0 Å². The molecule has 0 aliphatic carbocycles. The summed E-state index contributed by atoms with van der Waals surface area (Å²) in [6.07, 6.45) is 1.60. The molecule has 0 radical (unpaired) electrons. The SMILES string of the molecule is Cc1ccc(-c2csc3ncnc(Nc4cccc(Oc5ccccc5)c4)c23)cc1. The van der Waals surface area contributed by atoms with E-state index < -0.39 is 0 Å². The molecule has 146 valence electrons. The first-order valence-electron chi connectivity index (χ1n) is 9.65. The predicted octanol–water partition coefficient (Wildman–Crippen LogP) is 7.20. The molecule has 5 rings (SSSR count). The molecular weight excluding hydrogens is 390 g/mol. The molecule has 1 N–H and O–H groups in total. The maximum Gasteiger partial charge on any atom is 0.143 e. The van der Waals surface area contributed by atoms with Crippen molar-refractivity contribution in [3.8, 4) is 22.6 Å². The van der Waals surface area contributed by atoms with Gasteiger partial charge in [-0.2, -0.15) is 0 Å². The minimum absolute atomic E-state index is 0.764. The number of aryl methyl sites for hydroxylation is 1. The van der Waals surface area contributed by atoms with E-state index in [1.807, 2.05) is 54.6 Å². The molecule has 4 nitrogen and oxygen atoms in total. The van der Waals surface area contributed by atoms with Gasteiger partial charge in [-0.1, -0.05) is 54.1 Å². The first-order valence-corrected chi connectivity index (χ1v) is 10.5. The van der Waals surface area contributed by atoms with Gasteiger partial charge in [-0.25, -0.2) is 9.97 Å². The molecule has 0 aliphatic heterocycles. The summed E-state index contributed by atoms with van der Waals surface area (Å²) < 4.78 is 5.96. The highest BCUT2D eigenvalue weighted by atomic mass is 32.1. The van der Waals surface area contributed by atoms with Gasteiger partial charge in [0.05, 0.1) is 5.39 Å². The van der Waals surface area contributed by atoms with E-state index in [1.165, 1.54) is 5.56 Å². The minimum atomic E-state index is 0.764. The summed E-state index contributed by atoms with van der Waals surface area (Å²) in [5.74, 6) is 2.35. The lowest BCUT2D eigenvalue weighted by molar-refractivity contribution is 0.483. The highest BCUT2D eigenvalue weighted by molar-refractivity contribution is 7.17. The second kappa shape index (κ2) is 7.97. The molecular formula is C25H19N3OS. The first-order chi connectivity index (χ1) is 14.8. The fraction of sp³-hybridized carbons (Fsp3) is 0.0400. The molecule has 0 saturated carbocycles. The van der Waals surface area contributed by atoms with Crippen LogP contribution in [0.3, 0.4) is 0 Å². The number of thiophene rings is 1. The van der Waals surface area contributed by atoms with Gasteiger partial charge < -0.3 is 10.1 Å². The smallest absolute Gasteiger partial charge is 0.143 e. The molecule has 0 saturated heterocycles. The largest absolute Gasteiger partial charge is 0.457 e. The van der Waals surface area contributed by atoms with Crippen molar-refractivity contribution in [2.24, 2.45) is 0 Å². The second-order valence-electron chi connectivity index (χ2n) is 6.99. The van der Waals surface area contributed by atoms with Crippen molar-refractivity contribution in [2.45, 2.75) is 6.92 Å². The number of nitrogens with zero attached hydrogens (tertiary/aromatic N) is 2. The Morgan fingerprint density at radius 1 is 0.833 bits per heavy atom. The van der Waals surface area contributed by atoms with Crippen LogP contribution in [0.5, 0.6) is 11.5 Å². The number of hydrogen-bond donors (Lipinski definition) is 1. The Bertz CT molecular complexity index is 1300. The molecule has 3 aromatic carbocycles. The van der Waals surface area contributed by atoms with E-state index in [4.69, 9.17) is 4.74 Å². The lowest BCUT2D eigenvalue weighted by Crippen LogP contribution is -1.96. The number of anilines is 2. The minimum Gasteiger partial charge on any atom is -0.457 e. The third kappa shape index (κ3) is 3.75. The van der Waals surface area contributed by atoms with Crippen molar-refractivity contribution in [3.05, 3.63) is 96.1 Å². The summed E-state index contributed by atoms with van der Waals surface area (Å²) in [5.41, 5.74) is 4.44. The number of nitrogens with one attached hydrogen (secondary N) is 1. The molecule has 5 heteroatoms. The first kappa shape index (κ1) is 18.3. The average Bonchev–Trinajstić information content (AvgIpc) is 3.21. The number of hydrogen-bond acceptors (Lipinski definition) is 5. The summed E-state index contributed by atoms with van der Waals surface area (Å²) in [7, 11) is 0. The number of benzene rings is 3. The van der Waals surface area contributed by atoms with E-state index in [-0.39, 0.29) is 0 Å². The fourth-order valence-electron chi connectivity index (χ4n) is 3.31.